The molecular formula is C24H24N2O2S. The minimum Gasteiger partial charge on any atom is -0.452 e. The number of benzene rings is 2. The summed E-state index contributed by atoms with van der Waals surface area (Å²) in [6.45, 7) is 2.20. The molecule has 2 aromatic carbocycles. The lowest BCUT2D eigenvalue weighted by Crippen LogP contribution is -2.53. The van der Waals surface area contributed by atoms with Crippen LogP contribution in [-0.4, -0.2) is 42.5 Å². The van der Waals surface area contributed by atoms with Crippen molar-refractivity contribution in [3.05, 3.63) is 71.9 Å². The van der Waals surface area contributed by atoms with Crippen LogP contribution in [0.2, 0.25) is 0 Å². The average Bonchev–Trinajstić information content (AvgIpc) is 3.26. The quantitative estimate of drug-likeness (QED) is 0.729. The van der Waals surface area contributed by atoms with Gasteiger partial charge in [-0.15, -0.1) is 11.8 Å². The minimum atomic E-state index is -0.276. The Kier molecular flexibility index (Phi) is 3.87. The Morgan fingerprint density at radius 2 is 1.93 bits per heavy atom. The second kappa shape index (κ2) is 6.38. The van der Waals surface area contributed by atoms with Gasteiger partial charge in [0.1, 0.15) is 0 Å². The van der Waals surface area contributed by atoms with Gasteiger partial charge in [-0.3, -0.25) is 4.90 Å². The van der Waals surface area contributed by atoms with E-state index in [1.165, 1.54) is 30.4 Å². The molecule has 29 heavy (non-hydrogen) atoms. The monoisotopic (exact) mass is 404 g/mol. The normalized spacial score (nSPS) is 31.8. The number of hydrogen-bond donors (Lipinski definition) is 0. The van der Waals surface area contributed by atoms with Crippen molar-refractivity contribution in [2.75, 3.05) is 25.1 Å². The molecule has 5 heteroatoms. The van der Waals surface area contributed by atoms with E-state index >= 15 is 0 Å². The number of allylic oxidation sites excluding steroid dienone is 1. The van der Waals surface area contributed by atoms with Crippen LogP contribution >= 0.6 is 11.8 Å². The zero-order chi connectivity index (χ0) is 19.6. The Morgan fingerprint density at radius 1 is 1.14 bits per heavy atom. The summed E-state index contributed by atoms with van der Waals surface area (Å²) in [5.74, 6) is 0.543. The van der Waals surface area contributed by atoms with Crippen LogP contribution in [0.4, 0.5) is 10.5 Å². The van der Waals surface area contributed by atoms with Crippen molar-refractivity contribution in [3.63, 3.8) is 0 Å². The molecule has 0 saturated carbocycles. The molecule has 2 bridgehead atoms. The fourth-order valence-corrected chi connectivity index (χ4v) is 7.63. The van der Waals surface area contributed by atoms with Gasteiger partial charge in [-0.25, -0.2) is 9.69 Å². The Hall–Kier alpha value is -2.24. The number of hydrogen-bond acceptors (Lipinski definition) is 4. The molecule has 1 aliphatic carbocycles. The van der Waals surface area contributed by atoms with Gasteiger partial charge in [-0.1, -0.05) is 42.5 Å². The Morgan fingerprint density at radius 3 is 2.76 bits per heavy atom. The molecule has 2 fully saturated rings. The molecule has 2 aromatic rings. The lowest BCUT2D eigenvalue weighted by atomic mass is 9.65. The molecule has 3 aliphatic heterocycles. The minimum absolute atomic E-state index is 0.164. The number of ether oxygens (including phenoxy) is 1. The van der Waals surface area contributed by atoms with Gasteiger partial charge in [0, 0.05) is 28.4 Å². The summed E-state index contributed by atoms with van der Waals surface area (Å²) >= 11 is 1.97. The standard InChI is InChI=1S/C24H24N2O2S/c1-28-23(27)26-19-10-6-5-9-18(19)24-20-13-16(14-21(24)26)11-12-25(20)15-22(24)29-17-7-3-2-4-8-17/h2-10,14,16,20,22H,11-13,15H2,1H3/t16-,20+,22?,24+/m0/s1. The molecule has 4 aliphatic rings. The number of nitrogens with zero attached hydrogens (tertiary/aromatic N) is 2. The van der Waals surface area contributed by atoms with Gasteiger partial charge in [0.25, 0.3) is 0 Å². The largest absolute Gasteiger partial charge is 0.452 e. The van der Waals surface area contributed by atoms with Gasteiger partial charge in [0.15, 0.2) is 0 Å². The molecule has 6 rings (SSSR count). The van der Waals surface area contributed by atoms with Crippen LogP contribution in [0.1, 0.15) is 18.4 Å². The highest BCUT2D eigenvalue weighted by Crippen LogP contribution is 2.63. The Labute approximate surface area is 175 Å². The summed E-state index contributed by atoms with van der Waals surface area (Å²) in [5, 5.41) is 0.357. The van der Waals surface area contributed by atoms with Gasteiger partial charge in [0.2, 0.25) is 0 Å². The van der Waals surface area contributed by atoms with Crippen molar-refractivity contribution >= 4 is 23.5 Å². The number of fused-ring (bicyclic) bond motifs is 2. The number of amides is 1. The molecule has 2 saturated heterocycles. The van der Waals surface area contributed by atoms with Crippen LogP contribution in [0, 0.1) is 5.92 Å². The first-order valence-corrected chi connectivity index (χ1v) is 11.3. The van der Waals surface area contributed by atoms with E-state index in [0.717, 1.165) is 24.5 Å². The van der Waals surface area contributed by atoms with Gasteiger partial charge < -0.3 is 4.74 Å². The van der Waals surface area contributed by atoms with Crippen molar-refractivity contribution < 1.29 is 9.53 Å². The first-order chi connectivity index (χ1) is 14.2. The number of para-hydroxylation sites is 1. The van der Waals surface area contributed by atoms with E-state index in [0.29, 0.717) is 17.2 Å². The molecule has 148 valence electrons. The first kappa shape index (κ1) is 17.6. The molecule has 4 atom stereocenters. The SMILES string of the molecule is COC(=O)N1C2=C[C@H]3CCN4CC(Sc5ccccc5)[C@]2(c2ccccc21)[C@H]4C3. The molecule has 4 nitrogen and oxygen atoms in total. The van der Waals surface area contributed by atoms with Crippen molar-refractivity contribution in [1.29, 1.82) is 0 Å². The lowest BCUT2D eigenvalue weighted by Gasteiger charge is -2.47. The van der Waals surface area contributed by atoms with Gasteiger partial charge in [0.05, 0.1) is 18.2 Å². The summed E-state index contributed by atoms with van der Waals surface area (Å²) in [6.07, 6.45) is 4.47. The number of piperidine rings is 1. The van der Waals surface area contributed by atoms with Gasteiger partial charge >= 0.3 is 6.09 Å². The topological polar surface area (TPSA) is 32.8 Å². The van der Waals surface area contributed by atoms with Crippen LogP contribution in [-0.2, 0) is 10.2 Å². The summed E-state index contributed by atoms with van der Waals surface area (Å²) in [6, 6.07) is 19.6. The molecule has 1 spiro atoms. The molecule has 0 N–H and O–H groups in total. The van der Waals surface area contributed by atoms with E-state index in [9.17, 15) is 4.79 Å². The number of carbonyl (C=O) groups is 1. The molecule has 3 heterocycles. The van der Waals surface area contributed by atoms with Gasteiger partial charge in [-0.2, -0.15) is 0 Å². The molecule has 1 unspecified atom stereocenters. The van der Waals surface area contributed by atoms with Crippen LogP contribution in [0.5, 0.6) is 0 Å². The van der Waals surface area contributed by atoms with E-state index in [2.05, 4.69) is 59.5 Å². The summed E-state index contributed by atoms with van der Waals surface area (Å²) in [7, 11) is 1.48. The van der Waals surface area contributed by atoms with Crippen LogP contribution < -0.4 is 4.90 Å². The predicted octanol–water partition coefficient (Wildman–Crippen LogP) is 4.66. The van der Waals surface area contributed by atoms with Gasteiger partial charge in [-0.05, 0) is 49.1 Å². The summed E-state index contributed by atoms with van der Waals surface area (Å²) in [4.78, 5) is 18.8. The highest BCUT2D eigenvalue weighted by Gasteiger charge is 2.66. The highest BCUT2D eigenvalue weighted by molar-refractivity contribution is 8.00. The third-order valence-electron chi connectivity index (χ3n) is 7.22. The third kappa shape index (κ3) is 2.29. The maximum atomic E-state index is 12.9. The second-order valence-electron chi connectivity index (χ2n) is 8.46. The Balaban J connectivity index is 1.57. The fourth-order valence-electron chi connectivity index (χ4n) is 6.13. The predicted molar refractivity (Wildman–Crippen MR) is 115 cm³/mol. The van der Waals surface area contributed by atoms with Crippen molar-refractivity contribution in [1.82, 2.24) is 4.90 Å². The van der Waals surface area contributed by atoms with E-state index in [4.69, 9.17) is 4.74 Å². The van der Waals surface area contributed by atoms with Crippen molar-refractivity contribution in [2.45, 2.75) is 34.4 Å². The number of anilines is 1. The number of methoxy groups -OCH3 is 1. The maximum Gasteiger partial charge on any atom is 0.418 e. The number of thioether (sulfide) groups is 1. The fraction of sp³-hybridized carbons (Fsp3) is 0.375. The van der Waals surface area contributed by atoms with Crippen LogP contribution in [0.15, 0.2) is 71.3 Å². The van der Waals surface area contributed by atoms with Crippen molar-refractivity contribution in [2.24, 2.45) is 5.92 Å². The highest BCUT2D eigenvalue weighted by atomic mass is 32.2. The van der Waals surface area contributed by atoms with E-state index in [1.54, 1.807) is 0 Å². The van der Waals surface area contributed by atoms with Crippen LogP contribution in [0.3, 0.4) is 0 Å². The number of rotatable bonds is 2. The smallest absolute Gasteiger partial charge is 0.418 e. The second-order valence-corrected chi connectivity index (χ2v) is 9.73. The molecule has 1 amide bonds. The molecule has 0 radical (unpaired) electrons. The van der Waals surface area contributed by atoms with Crippen LogP contribution in [0.25, 0.3) is 0 Å². The zero-order valence-corrected chi connectivity index (χ0v) is 17.3. The molecule has 0 aromatic heterocycles. The average molecular weight is 405 g/mol. The first-order valence-electron chi connectivity index (χ1n) is 10.4. The van der Waals surface area contributed by atoms with E-state index in [1.807, 2.05) is 22.7 Å². The number of carbonyl (C=O) groups excluding carboxylic acids is 1. The Bertz CT molecular complexity index is 1010. The van der Waals surface area contributed by atoms with E-state index in [-0.39, 0.29) is 11.5 Å². The zero-order valence-electron chi connectivity index (χ0n) is 16.5. The third-order valence-corrected chi connectivity index (χ3v) is 8.57. The lowest BCUT2D eigenvalue weighted by molar-refractivity contribution is 0.131. The maximum absolute atomic E-state index is 12.9. The summed E-state index contributed by atoms with van der Waals surface area (Å²) < 4.78 is 5.24. The van der Waals surface area contributed by atoms with E-state index < -0.39 is 0 Å². The summed E-state index contributed by atoms with van der Waals surface area (Å²) in [5.41, 5.74) is 3.28. The molecular weight excluding hydrogens is 380 g/mol. The van der Waals surface area contributed by atoms with Crippen molar-refractivity contribution in [3.8, 4) is 0 Å².